The van der Waals surface area contributed by atoms with Gasteiger partial charge >= 0.3 is 11.9 Å². The van der Waals surface area contributed by atoms with Gasteiger partial charge in [-0.25, -0.2) is 0 Å². The van der Waals surface area contributed by atoms with Gasteiger partial charge in [-0.15, -0.1) is 0 Å². The fraction of sp³-hybridized carbons (Fsp3) is 0.681. The fourth-order valence-corrected chi connectivity index (χ4v) is 8.67. The molecule has 0 aliphatic rings. The predicted octanol–water partition coefficient (Wildman–Crippen LogP) is 21.4. The maximum atomic E-state index is 12.3. The number of esters is 2. The number of hydrogen-bond acceptors (Lipinski definition) is 5. The Morgan fingerprint density at radius 2 is 0.541 bits per heavy atom. The van der Waals surface area contributed by atoms with Crippen LogP contribution in [-0.2, 0) is 19.1 Å². The van der Waals surface area contributed by atoms with Gasteiger partial charge in [0.05, 0.1) is 6.61 Å². The fourth-order valence-electron chi connectivity index (χ4n) is 8.67. The van der Waals surface area contributed by atoms with E-state index in [1.165, 1.54) is 148 Å². The summed E-state index contributed by atoms with van der Waals surface area (Å²) in [5.41, 5.74) is 0. The second kappa shape index (κ2) is 63.6. The van der Waals surface area contributed by atoms with Crippen molar-refractivity contribution in [3.63, 3.8) is 0 Å². The Morgan fingerprint density at radius 3 is 0.811 bits per heavy atom. The van der Waals surface area contributed by atoms with Crippen molar-refractivity contribution in [2.24, 2.45) is 0 Å². The van der Waals surface area contributed by atoms with Gasteiger partial charge in [0.1, 0.15) is 6.61 Å². The van der Waals surface area contributed by atoms with Crippen molar-refractivity contribution in [2.45, 2.75) is 290 Å². The minimum Gasteiger partial charge on any atom is -0.462 e. The SMILES string of the molecule is CC/C=C\C/C=C\C/C=C\C/C=C\C/C=C\C/C=C\CCCCCCCCCCCCCCCCCCCCCCC(=O)OC(CO)COC(=O)CCCCCCCCCC/C=C\C/C=C\C/C=C\C/C=C\CC. The van der Waals surface area contributed by atoms with Crippen LogP contribution < -0.4 is 0 Å². The molecule has 0 radical (unpaired) electrons. The number of allylic oxidation sites excluding steroid dienone is 20. The Labute approximate surface area is 458 Å². The van der Waals surface area contributed by atoms with Crippen LogP contribution in [0, 0.1) is 0 Å². The molecule has 1 unspecified atom stereocenters. The van der Waals surface area contributed by atoms with Crippen LogP contribution >= 0.6 is 0 Å². The number of aliphatic hydroxyl groups is 1. The van der Waals surface area contributed by atoms with Gasteiger partial charge in [-0.1, -0.05) is 289 Å². The van der Waals surface area contributed by atoms with Crippen LogP contribution in [-0.4, -0.2) is 36.4 Å². The van der Waals surface area contributed by atoms with E-state index in [0.29, 0.717) is 12.8 Å². The zero-order valence-electron chi connectivity index (χ0n) is 48.3. The summed E-state index contributed by atoms with van der Waals surface area (Å²) in [5, 5.41) is 9.67. The van der Waals surface area contributed by atoms with Gasteiger partial charge in [0.25, 0.3) is 0 Å². The zero-order valence-corrected chi connectivity index (χ0v) is 48.3. The smallest absolute Gasteiger partial charge is 0.306 e. The first-order valence-electron chi connectivity index (χ1n) is 31.1. The number of unbranched alkanes of at least 4 members (excludes halogenated alkanes) is 28. The van der Waals surface area contributed by atoms with Crippen molar-refractivity contribution in [3.05, 3.63) is 122 Å². The molecule has 5 heteroatoms. The Morgan fingerprint density at radius 1 is 0.311 bits per heavy atom. The normalized spacial score (nSPS) is 13.1. The molecule has 0 saturated heterocycles. The summed E-state index contributed by atoms with van der Waals surface area (Å²) in [4.78, 5) is 24.6. The first-order valence-corrected chi connectivity index (χ1v) is 31.1. The lowest BCUT2D eigenvalue weighted by molar-refractivity contribution is -0.161. The van der Waals surface area contributed by atoms with Crippen LogP contribution in [0.4, 0.5) is 0 Å². The summed E-state index contributed by atoms with van der Waals surface area (Å²) < 4.78 is 10.7. The molecule has 5 nitrogen and oxygen atoms in total. The highest BCUT2D eigenvalue weighted by molar-refractivity contribution is 5.70. The number of carbonyl (C=O) groups is 2. The molecule has 0 amide bonds. The summed E-state index contributed by atoms with van der Waals surface area (Å²) in [6, 6.07) is 0. The number of hydrogen-bond donors (Lipinski definition) is 1. The molecule has 0 aliphatic heterocycles. The number of ether oxygens (including phenoxy) is 2. The first kappa shape index (κ1) is 70.3. The van der Waals surface area contributed by atoms with E-state index < -0.39 is 6.10 Å². The largest absolute Gasteiger partial charge is 0.462 e. The summed E-state index contributed by atoms with van der Waals surface area (Å²) in [5.74, 6) is -0.595. The van der Waals surface area contributed by atoms with Crippen LogP contribution in [0.1, 0.15) is 284 Å². The minimum absolute atomic E-state index is 0.0730. The number of aliphatic hydroxyl groups excluding tert-OH is 1. The van der Waals surface area contributed by atoms with Crippen LogP contribution in [0.15, 0.2) is 122 Å². The van der Waals surface area contributed by atoms with E-state index in [-0.39, 0.29) is 25.2 Å². The van der Waals surface area contributed by atoms with Gasteiger partial charge in [0.2, 0.25) is 0 Å². The molecule has 1 atom stereocenters. The van der Waals surface area contributed by atoms with Crippen LogP contribution in [0.2, 0.25) is 0 Å². The highest BCUT2D eigenvalue weighted by atomic mass is 16.6. The summed E-state index contributed by atoms with van der Waals surface area (Å²) in [6.07, 6.45) is 93.4. The summed E-state index contributed by atoms with van der Waals surface area (Å²) in [7, 11) is 0. The van der Waals surface area contributed by atoms with E-state index in [0.717, 1.165) is 109 Å². The molecule has 422 valence electrons. The molecule has 0 spiro atoms. The van der Waals surface area contributed by atoms with E-state index in [2.05, 4.69) is 135 Å². The Kier molecular flexibility index (Phi) is 60.4. The van der Waals surface area contributed by atoms with Crippen molar-refractivity contribution < 1.29 is 24.2 Å². The molecule has 1 N–H and O–H groups in total. The molecule has 0 rings (SSSR count). The average Bonchev–Trinajstić information content (AvgIpc) is 3.40. The topological polar surface area (TPSA) is 72.8 Å². The van der Waals surface area contributed by atoms with Crippen molar-refractivity contribution in [1.82, 2.24) is 0 Å². The number of rotatable bonds is 56. The monoisotopic (exact) mass is 1020 g/mol. The lowest BCUT2D eigenvalue weighted by Crippen LogP contribution is -2.28. The third-order valence-corrected chi connectivity index (χ3v) is 13.3. The maximum Gasteiger partial charge on any atom is 0.306 e. The molecule has 0 aromatic carbocycles. The van der Waals surface area contributed by atoms with E-state index in [1.54, 1.807) is 0 Å². The molecule has 0 aliphatic carbocycles. The second-order valence-electron chi connectivity index (χ2n) is 20.4. The van der Waals surface area contributed by atoms with Crippen molar-refractivity contribution >= 4 is 11.9 Å². The Hall–Kier alpha value is -3.70. The highest BCUT2D eigenvalue weighted by Crippen LogP contribution is 2.17. The van der Waals surface area contributed by atoms with E-state index in [1.807, 2.05) is 0 Å². The number of carbonyl (C=O) groups excluding carboxylic acids is 2. The van der Waals surface area contributed by atoms with Gasteiger partial charge in [0, 0.05) is 12.8 Å². The third kappa shape index (κ3) is 60.9. The van der Waals surface area contributed by atoms with Crippen molar-refractivity contribution in [3.8, 4) is 0 Å². The summed E-state index contributed by atoms with van der Waals surface area (Å²) in [6.45, 7) is 3.92. The summed E-state index contributed by atoms with van der Waals surface area (Å²) >= 11 is 0. The standard InChI is InChI=1S/C69H116O5/c1-3-5-7-9-11-13-15-17-19-21-23-25-26-27-28-29-30-31-32-33-34-35-36-37-38-39-40-41-42-44-46-48-50-52-54-56-58-60-62-64-69(72)74-67(65-70)66-73-68(71)63-61-59-57-55-53-51-49-47-45-43-24-22-20-18-16-14-12-10-8-6-4-2/h5-8,11-14,17-20,23-25,27-28,30-31,43,67,70H,3-4,9-10,15-16,21-22,26,29,32-42,44-66H2,1-2H3/b7-5-,8-6-,13-11-,14-12-,19-17-,20-18-,25-23-,28-27-,31-30-,43-24-. The van der Waals surface area contributed by atoms with E-state index in [9.17, 15) is 14.7 Å². The van der Waals surface area contributed by atoms with E-state index in [4.69, 9.17) is 9.47 Å². The Balaban J connectivity index is 3.47. The van der Waals surface area contributed by atoms with Crippen LogP contribution in [0.25, 0.3) is 0 Å². The zero-order chi connectivity index (χ0) is 53.4. The van der Waals surface area contributed by atoms with Crippen molar-refractivity contribution in [2.75, 3.05) is 13.2 Å². The molecule has 0 bridgehead atoms. The average molecular weight is 1030 g/mol. The molecule has 0 fully saturated rings. The van der Waals surface area contributed by atoms with Gasteiger partial charge in [-0.3, -0.25) is 9.59 Å². The van der Waals surface area contributed by atoms with Crippen molar-refractivity contribution in [1.29, 1.82) is 0 Å². The van der Waals surface area contributed by atoms with Crippen LogP contribution in [0.3, 0.4) is 0 Å². The van der Waals surface area contributed by atoms with Gasteiger partial charge < -0.3 is 14.6 Å². The molecule has 74 heavy (non-hydrogen) atoms. The first-order chi connectivity index (χ1) is 36.6. The molecular formula is C69H116O5. The third-order valence-electron chi connectivity index (χ3n) is 13.3. The lowest BCUT2D eigenvalue weighted by Gasteiger charge is -2.15. The predicted molar refractivity (Wildman–Crippen MR) is 325 cm³/mol. The quantitative estimate of drug-likeness (QED) is 0.0373. The second-order valence-corrected chi connectivity index (χ2v) is 20.4. The molecule has 0 heterocycles. The highest BCUT2D eigenvalue weighted by Gasteiger charge is 2.16. The van der Waals surface area contributed by atoms with Gasteiger partial charge in [-0.2, -0.15) is 0 Å². The lowest BCUT2D eigenvalue weighted by atomic mass is 10.0. The van der Waals surface area contributed by atoms with Gasteiger partial charge in [0.15, 0.2) is 6.10 Å². The minimum atomic E-state index is -0.781. The van der Waals surface area contributed by atoms with E-state index >= 15 is 0 Å². The molecule has 0 aromatic heterocycles. The van der Waals surface area contributed by atoms with Gasteiger partial charge in [-0.05, 0) is 103 Å². The molecule has 0 aromatic rings. The van der Waals surface area contributed by atoms with Crippen LogP contribution in [0.5, 0.6) is 0 Å². The molecule has 0 saturated carbocycles. The Bertz CT molecular complexity index is 1490. The molecular weight excluding hydrogens is 909 g/mol. The maximum absolute atomic E-state index is 12.3.